The largest absolute Gasteiger partial charge is 0.308 e. The van der Waals surface area contributed by atoms with E-state index in [0.717, 1.165) is 106 Å². The van der Waals surface area contributed by atoms with Crippen molar-refractivity contribution in [2.24, 2.45) is 0 Å². The van der Waals surface area contributed by atoms with Crippen LogP contribution in [0.3, 0.4) is 0 Å². The Hall–Kier alpha value is -9.98. The molecule has 0 bridgehead atoms. The zero-order valence-electron chi connectivity index (χ0n) is 39.5. The maximum Gasteiger partial charge on any atom is 0.165 e. The van der Waals surface area contributed by atoms with E-state index >= 15 is 0 Å². The lowest BCUT2D eigenvalue weighted by Gasteiger charge is -2.15. The summed E-state index contributed by atoms with van der Waals surface area (Å²) in [5.74, 6) is 2.65. The summed E-state index contributed by atoms with van der Waals surface area (Å²) in [5, 5.41) is 3.40. The Labute approximate surface area is 421 Å². The van der Waals surface area contributed by atoms with Crippen LogP contribution >= 0.6 is 0 Å². The first-order valence-corrected chi connectivity index (χ1v) is 24.6. The fourth-order valence-corrected chi connectivity index (χ4v) is 10.6. The average molecular weight is 934 g/mol. The SMILES string of the molecule is c1ccc(-c2cc(-c3ccccc3)cc(-n3c4ccccc4c4ccc5c(c6c(nc(-c7ccccc7)n6-c6ccccc6)n5-c5cccc(-c6nc(-c7ccccc7)nc(-c7ccccc7)n6)c5)c43)c2)cc1. The summed E-state index contributed by atoms with van der Waals surface area (Å²) in [5.41, 5.74) is 16.4. The molecule has 4 heterocycles. The van der Waals surface area contributed by atoms with Gasteiger partial charge in [-0.05, 0) is 76.9 Å². The highest BCUT2D eigenvalue weighted by Gasteiger charge is 2.28. The molecular weight excluding hydrogens is 891 g/mol. The molecule has 0 fully saturated rings. The molecule has 0 aliphatic rings. The van der Waals surface area contributed by atoms with Crippen molar-refractivity contribution in [3.05, 3.63) is 261 Å². The monoisotopic (exact) mass is 933 g/mol. The molecule has 0 saturated carbocycles. The Balaban J connectivity index is 1.10. The molecule has 0 N–H and O–H groups in total. The summed E-state index contributed by atoms with van der Waals surface area (Å²) in [6.07, 6.45) is 0. The highest BCUT2D eigenvalue weighted by molar-refractivity contribution is 6.25. The first-order valence-electron chi connectivity index (χ1n) is 24.6. The molecule has 10 aromatic carbocycles. The predicted molar refractivity (Wildman–Crippen MR) is 298 cm³/mol. The van der Waals surface area contributed by atoms with Crippen LogP contribution in [-0.2, 0) is 0 Å². The predicted octanol–water partition coefficient (Wildman–Crippen LogP) is 16.3. The number of hydrogen-bond donors (Lipinski definition) is 0. The number of imidazole rings is 1. The lowest BCUT2D eigenvalue weighted by Crippen LogP contribution is -2.01. The Bertz CT molecular complexity index is 4220. The van der Waals surface area contributed by atoms with E-state index in [1.54, 1.807) is 0 Å². The van der Waals surface area contributed by atoms with E-state index in [4.69, 9.17) is 19.9 Å². The van der Waals surface area contributed by atoms with Crippen LogP contribution in [-0.4, -0.2) is 33.6 Å². The third-order valence-corrected chi connectivity index (χ3v) is 13.9. The highest BCUT2D eigenvalue weighted by atomic mass is 15.2. The lowest BCUT2D eigenvalue weighted by atomic mass is 9.98. The molecule has 0 unspecified atom stereocenters. The lowest BCUT2D eigenvalue weighted by molar-refractivity contribution is 1.07. The van der Waals surface area contributed by atoms with Crippen LogP contribution in [0.1, 0.15) is 0 Å². The normalized spacial score (nSPS) is 11.6. The molecule has 0 spiro atoms. The smallest absolute Gasteiger partial charge is 0.165 e. The van der Waals surface area contributed by atoms with Gasteiger partial charge in [-0.15, -0.1) is 0 Å². The van der Waals surface area contributed by atoms with Gasteiger partial charge in [0.25, 0.3) is 0 Å². The fourth-order valence-electron chi connectivity index (χ4n) is 10.6. The summed E-state index contributed by atoms with van der Waals surface area (Å²) in [4.78, 5) is 21.1. The van der Waals surface area contributed by atoms with Crippen LogP contribution in [0, 0.1) is 0 Å². The minimum absolute atomic E-state index is 0.581. The molecule has 0 aliphatic heterocycles. The molecule has 4 aromatic heterocycles. The molecule has 7 nitrogen and oxygen atoms in total. The number of rotatable bonds is 9. The summed E-state index contributed by atoms with van der Waals surface area (Å²) in [6.45, 7) is 0. The van der Waals surface area contributed by atoms with Crippen molar-refractivity contribution in [3.8, 4) is 84.9 Å². The van der Waals surface area contributed by atoms with Crippen LogP contribution in [0.5, 0.6) is 0 Å². The molecule has 0 saturated heterocycles. The van der Waals surface area contributed by atoms with Crippen molar-refractivity contribution < 1.29 is 0 Å². The van der Waals surface area contributed by atoms with Gasteiger partial charge in [0.2, 0.25) is 0 Å². The first kappa shape index (κ1) is 41.9. The van der Waals surface area contributed by atoms with Crippen molar-refractivity contribution in [2.75, 3.05) is 0 Å². The van der Waals surface area contributed by atoms with Crippen molar-refractivity contribution >= 4 is 43.9 Å². The Morgan fingerprint density at radius 2 is 0.712 bits per heavy atom. The Kier molecular flexibility index (Phi) is 10.0. The number of benzene rings is 10. The van der Waals surface area contributed by atoms with Gasteiger partial charge >= 0.3 is 0 Å². The average Bonchev–Trinajstić information content (AvgIpc) is 4.14. The van der Waals surface area contributed by atoms with Gasteiger partial charge in [-0.3, -0.25) is 9.13 Å². The molecule has 14 rings (SSSR count). The van der Waals surface area contributed by atoms with Crippen LogP contribution in [0.25, 0.3) is 129 Å². The van der Waals surface area contributed by atoms with Gasteiger partial charge in [0.05, 0.1) is 21.9 Å². The Morgan fingerprint density at radius 1 is 0.247 bits per heavy atom. The van der Waals surface area contributed by atoms with E-state index in [1.165, 1.54) is 5.39 Å². The standard InChI is InChI=1S/C66H43N7/c1-7-22-44(23-8-1)50-40-51(45-24-9-2-10-25-45)43-54(42-50)71-57-37-20-19-36-55(57)56-38-39-58-59(60(56)71)61-66(70-65(48-30-15-5-16-31-48)73(61)52-33-17-6-18-34-52)72(58)53-35-21-32-49(41-53)64-68-62(46-26-11-3-12-27-46)67-63(69-64)47-28-13-4-14-29-47/h1-43H. The molecule has 7 heteroatoms. The summed E-state index contributed by atoms with van der Waals surface area (Å²) in [6, 6.07) is 91.7. The third-order valence-electron chi connectivity index (χ3n) is 13.9. The van der Waals surface area contributed by atoms with Gasteiger partial charge in [0.15, 0.2) is 23.1 Å². The van der Waals surface area contributed by atoms with E-state index in [1.807, 2.05) is 60.7 Å². The maximum atomic E-state index is 5.73. The molecule has 0 aliphatic carbocycles. The highest BCUT2D eigenvalue weighted by Crippen LogP contribution is 2.45. The first-order chi connectivity index (χ1) is 36.2. The van der Waals surface area contributed by atoms with E-state index < -0.39 is 0 Å². The molecular formula is C66H43N7. The van der Waals surface area contributed by atoms with Gasteiger partial charge < -0.3 is 4.57 Å². The van der Waals surface area contributed by atoms with Gasteiger partial charge in [-0.2, -0.15) is 0 Å². The van der Waals surface area contributed by atoms with E-state index in [-0.39, 0.29) is 0 Å². The number of aromatic nitrogens is 7. The van der Waals surface area contributed by atoms with Crippen LogP contribution < -0.4 is 0 Å². The number of fused-ring (bicyclic) bond motifs is 7. The quantitative estimate of drug-likeness (QED) is 0.145. The number of hydrogen-bond acceptors (Lipinski definition) is 4. The van der Waals surface area contributed by atoms with Crippen LogP contribution in [0.4, 0.5) is 0 Å². The van der Waals surface area contributed by atoms with Crippen LogP contribution in [0.15, 0.2) is 261 Å². The molecule has 14 aromatic rings. The molecule has 0 atom stereocenters. The maximum absolute atomic E-state index is 5.73. The summed E-state index contributed by atoms with van der Waals surface area (Å²) >= 11 is 0. The van der Waals surface area contributed by atoms with Crippen LogP contribution in [0.2, 0.25) is 0 Å². The second kappa shape index (κ2) is 17.5. The number of para-hydroxylation sites is 2. The zero-order chi connectivity index (χ0) is 48.2. The zero-order valence-corrected chi connectivity index (χ0v) is 39.5. The van der Waals surface area contributed by atoms with Gasteiger partial charge in [0.1, 0.15) is 11.3 Å². The topological polar surface area (TPSA) is 66.3 Å². The van der Waals surface area contributed by atoms with E-state index in [9.17, 15) is 0 Å². The van der Waals surface area contributed by atoms with Gasteiger partial charge in [-0.1, -0.05) is 206 Å². The molecule has 342 valence electrons. The van der Waals surface area contributed by atoms with E-state index in [2.05, 4.69) is 214 Å². The minimum atomic E-state index is 0.581. The summed E-state index contributed by atoms with van der Waals surface area (Å²) < 4.78 is 7.17. The molecule has 73 heavy (non-hydrogen) atoms. The van der Waals surface area contributed by atoms with Crippen molar-refractivity contribution in [1.82, 2.24) is 33.6 Å². The number of nitrogens with zero attached hydrogens (tertiary/aromatic N) is 7. The minimum Gasteiger partial charge on any atom is -0.308 e. The van der Waals surface area contributed by atoms with Crippen molar-refractivity contribution in [3.63, 3.8) is 0 Å². The van der Waals surface area contributed by atoms with Crippen molar-refractivity contribution in [2.45, 2.75) is 0 Å². The van der Waals surface area contributed by atoms with Gasteiger partial charge in [0, 0.05) is 50.1 Å². The van der Waals surface area contributed by atoms with Crippen molar-refractivity contribution in [1.29, 1.82) is 0 Å². The second-order valence-electron chi connectivity index (χ2n) is 18.3. The van der Waals surface area contributed by atoms with E-state index in [0.29, 0.717) is 17.5 Å². The third kappa shape index (κ3) is 7.21. The molecule has 0 radical (unpaired) electrons. The Morgan fingerprint density at radius 3 is 1.30 bits per heavy atom. The molecule has 0 amide bonds. The fraction of sp³-hybridized carbons (Fsp3) is 0. The second-order valence-corrected chi connectivity index (χ2v) is 18.3. The van der Waals surface area contributed by atoms with Gasteiger partial charge in [-0.25, -0.2) is 19.9 Å². The summed E-state index contributed by atoms with van der Waals surface area (Å²) in [7, 11) is 0.